The van der Waals surface area contributed by atoms with Gasteiger partial charge in [0.25, 0.3) is 11.8 Å². The number of nitrogens with zero attached hydrogens (tertiary/aromatic N) is 1. The Morgan fingerprint density at radius 3 is 2.71 bits per heavy atom. The number of aromatic nitrogens is 2. The summed E-state index contributed by atoms with van der Waals surface area (Å²) >= 11 is 0. The first-order valence-corrected chi connectivity index (χ1v) is 8.36. The standard InChI is InChI=1S/C18H22N4O2/c1-12-6-5-9-14(10-12)22-18(24)16-15(19-11-20-16)17(23)21-13-7-3-2-4-8-13/h5-6,9-11,13H,2-4,7-8H2,1H3,(H,19,20)(H,21,23)(H,22,24). The summed E-state index contributed by atoms with van der Waals surface area (Å²) in [4.78, 5) is 31.7. The number of rotatable bonds is 4. The zero-order valence-corrected chi connectivity index (χ0v) is 13.8. The fourth-order valence-corrected chi connectivity index (χ4v) is 3.06. The molecule has 6 heteroatoms. The molecule has 2 amide bonds. The molecule has 1 aromatic carbocycles. The van der Waals surface area contributed by atoms with Crippen LogP contribution in [0.1, 0.15) is 58.6 Å². The largest absolute Gasteiger partial charge is 0.348 e. The lowest BCUT2D eigenvalue weighted by molar-refractivity contribution is 0.0912. The summed E-state index contributed by atoms with van der Waals surface area (Å²) < 4.78 is 0. The number of carbonyl (C=O) groups excluding carboxylic acids is 2. The average molecular weight is 326 g/mol. The number of hydrogen-bond acceptors (Lipinski definition) is 3. The number of imidazole rings is 1. The van der Waals surface area contributed by atoms with Crippen molar-refractivity contribution >= 4 is 17.5 Å². The van der Waals surface area contributed by atoms with Crippen LogP contribution in [0.25, 0.3) is 0 Å². The van der Waals surface area contributed by atoms with E-state index in [0.717, 1.165) is 31.2 Å². The van der Waals surface area contributed by atoms with E-state index in [0.29, 0.717) is 5.69 Å². The summed E-state index contributed by atoms with van der Waals surface area (Å²) in [6, 6.07) is 7.67. The molecule has 3 rings (SSSR count). The SMILES string of the molecule is Cc1cccc(NC(=O)c2nc[nH]c2C(=O)NC2CCCCC2)c1. The van der Waals surface area contributed by atoms with Crippen molar-refractivity contribution < 1.29 is 9.59 Å². The summed E-state index contributed by atoms with van der Waals surface area (Å²) in [6.45, 7) is 1.95. The molecule has 0 radical (unpaired) electrons. The molecule has 0 spiro atoms. The normalized spacial score (nSPS) is 15.0. The number of nitrogens with one attached hydrogen (secondary N) is 3. The number of carbonyl (C=O) groups is 2. The molecule has 1 heterocycles. The minimum absolute atomic E-state index is 0.116. The first-order valence-electron chi connectivity index (χ1n) is 8.36. The van der Waals surface area contributed by atoms with Crippen molar-refractivity contribution in [2.45, 2.75) is 45.1 Å². The minimum atomic E-state index is -0.393. The molecule has 6 nitrogen and oxygen atoms in total. The first-order chi connectivity index (χ1) is 11.6. The molecular formula is C18H22N4O2. The van der Waals surface area contributed by atoms with Crippen LogP contribution in [0, 0.1) is 6.92 Å². The Morgan fingerprint density at radius 2 is 1.96 bits per heavy atom. The van der Waals surface area contributed by atoms with Crippen LogP contribution < -0.4 is 10.6 Å². The lowest BCUT2D eigenvalue weighted by atomic mass is 9.95. The third-order valence-electron chi connectivity index (χ3n) is 4.30. The summed E-state index contributed by atoms with van der Waals surface area (Å²) in [6.07, 6.45) is 6.85. The van der Waals surface area contributed by atoms with Crippen LogP contribution in [-0.4, -0.2) is 27.8 Å². The fraction of sp³-hybridized carbons (Fsp3) is 0.389. The third kappa shape index (κ3) is 3.82. The van der Waals surface area contributed by atoms with Gasteiger partial charge >= 0.3 is 0 Å². The fourth-order valence-electron chi connectivity index (χ4n) is 3.06. The predicted octanol–water partition coefficient (Wildman–Crippen LogP) is 3.03. The molecule has 1 aliphatic rings. The highest BCUT2D eigenvalue weighted by Gasteiger charge is 2.23. The Labute approximate surface area is 141 Å². The van der Waals surface area contributed by atoms with Crippen molar-refractivity contribution in [3.63, 3.8) is 0 Å². The Balaban J connectivity index is 1.69. The lowest BCUT2D eigenvalue weighted by Gasteiger charge is -2.22. The first kappa shape index (κ1) is 16.2. The zero-order valence-electron chi connectivity index (χ0n) is 13.8. The Hall–Kier alpha value is -2.63. The second kappa shape index (κ2) is 7.29. The quantitative estimate of drug-likeness (QED) is 0.807. The molecule has 24 heavy (non-hydrogen) atoms. The summed E-state index contributed by atoms with van der Waals surface area (Å²) in [5, 5.41) is 5.78. The minimum Gasteiger partial charge on any atom is -0.348 e. The second-order valence-corrected chi connectivity index (χ2v) is 6.26. The highest BCUT2D eigenvalue weighted by Crippen LogP contribution is 2.18. The molecule has 1 fully saturated rings. The van der Waals surface area contributed by atoms with E-state index in [2.05, 4.69) is 20.6 Å². The van der Waals surface area contributed by atoms with Crippen LogP contribution in [0.3, 0.4) is 0 Å². The van der Waals surface area contributed by atoms with Crippen LogP contribution in [-0.2, 0) is 0 Å². The van der Waals surface area contributed by atoms with E-state index in [9.17, 15) is 9.59 Å². The van der Waals surface area contributed by atoms with Crippen LogP contribution in [0.4, 0.5) is 5.69 Å². The number of aryl methyl sites for hydroxylation is 1. The van der Waals surface area contributed by atoms with Crippen LogP contribution in [0.2, 0.25) is 0 Å². The smallest absolute Gasteiger partial charge is 0.276 e. The van der Waals surface area contributed by atoms with Crippen molar-refractivity contribution in [1.29, 1.82) is 0 Å². The molecule has 0 bridgehead atoms. The van der Waals surface area contributed by atoms with Gasteiger partial charge in [-0.05, 0) is 37.5 Å². The highest BCUT2D eigenvalue weighted by atomic mass is 16.2. The van der Waals surface area contributed by atoms with Gasteiger partial charge in [0.05, 0.1) is 6.33 Å². The van der Waals surface area contributed by atoms with Gasteiger partial charge in [-0.15, -0.1) is 0 Å². The maximum Gasteiger partial charge on any atom is 0.276 e. The number of hydrogen-bond donors (Lipinski definition) is 3. The van der Waals surface area contributed by atoms with Gasteiger partial charge in [-0.3, -0.25) is 9.59 Å². The summed E-state index contributed by atoms with van der Waals surface area (Å²) in [5.41, 5.74) is 2.06. The van der Waals surface area contributed by atoms with Gasteiger partial charge in [-0.25, -0.2) is 4.98 Å². The van der Waals surface area contributed by atoms with E-state index in [1.165, 1.54) is 12.7 Å². The molecule has 1 aromatic heterocycles. The summed E-state index contributed by atoms with van der Waals surface area (Å²) in [5.74, 6) is -0.663. The van der Waals surface area contributed by atoms with Gasteiger partial charge in [-0.2, -0.15) is 0 Å². The van der Waals surface area contributed by atoms with E-state index in [-0.39, 0.29) is 23.3 Å². The molecule has 0 saturated heterocycles. The molecule has 1 aliphatic carbocycles. The number of H-pyrrole nitrogens is 1. The van der Waals surface area contributed by atoms with Crippen molar-refractivity contribution in [2.75, 3.05) is 5.32 Å². The molecule has 0 aliphatic heterocycles. The van der Waals surface area contributed by atoms with E-state index >= 15 is 0 Å². The molecule has 126 valence electrons. The van der Waals surface area contributed by atoms with Gasteiger partial charge in [-0.1, -0.05) is 31.4 Å². The highest BCUT2D eigenvalue weighted by molar-refractivity contribution is 6.10. The maximum atomic E-state index is 12.4. The van der Waals surface area contributed by atoms with Crippen molar-refractivity contribution in [3.8, 4) is 0 Å². The molecule has 0 atom stereocenters. The van der Waals surface area contributed by atoms with E-state index in [4.69, 9.17) is 0 Å². The Bertz CT molecular complexity index is 732. The number of anilines is 1. The van der Waals surface area contributed by atoms with Crippen molar-refractivity contribution in [2.24, 2.45) is 0 Å². The summed E-state index contributed by atoms with van der Waals surface area (Å²) in [7, 11) is 0. The van der Waals surface area contributed by atoms with Crippen LogP contribution in [0.15, 0.2) is 30.6 Å². The van der Waals surface area contributed by atoms with Crippen molar-refractivity contribution in [1.82, 2.24) is 15.3 Å². The molecule has 1 saturated carbocycles. The van der Waals surface area contributed by atoms with E-state index < -0.39 is 5.91 Å². The van der Waals surface area contributed by atoms with Gasteiger partial charge in [0.1, 0.15) is 5.69 Å². The predicted molar refractivity (Wildman–Crippen MR) is 92.1 cm³/mol. The molecule has 0 unspecified atom stereocenters. The van der Waals surface area contributed by atoms with Gasteiger partial charge in [0, 0.05) is 11.7 Å². The number of amides is 2. The Kier molecular flexibility index (Phi) is 4.93. The number of aromatic amines is 1. The maximum absolute atomic E-state index is 12.4. The monoisotopic (exact) mass is 326 g/mol. The van der Waals surface area contributed by atoms with Gasteiger partial charge < -0.3 is 15.6 Å². The third-order valence-corrected chi connectivity index (χ3v) is 4.30. The number of benzene rings is 1. The topological polar surface area (TPSA) is 86.9 Å². The average Bonchev–Trinajstić information content (AvgIpc) is 3.06. The van der Waals surface area contributed by atoms with E-state index in [1.807, 2.05) is 25.1 Å². The molecule has 2 aromatic rings. The zero-order chi connectivity index (χ0) is 16.9. The molecular weight excluding hydrogens is 304 g/mol. The van der Waals surface area contributed by atoms with Crippen molar-refractivity contribution in [3.05, 3.63) is 47.5 Å². The van der Waals surface area contributed by atoms with Crippen LogP contribution >= 0.6 is 0 Å². The second-order valence-electron chi connectivity index (χ2n) is 6.26. The molecule has 3 N–H and O–H groups in total. The van der Waals surface area contributed by atoms with Gasteiger partial charge in [0.15, 0.2) is 5.69 Å². The van der Waals surface area contributed by atoms with E-state index in [1.54, 1.807) is 6.07 Å². The Morgan fingerprint density at radius 1 is 1.17 bits per heavy atom. The van der Waals surface area contributed by atoms with Gasteiger partial charge in [0.2, 0.25) is 0 Å². The van der Waals surface area contributed by atoms with Crippen LogP contribution in [0.5, 0.6) is 0 Å². The lowest BCUT2D eigenvalue weighted by Crippen LogP contribution is -2.37.